The van der Waals surface area contributed by atoms with E-state index in [1.807, 2.05) is 36.4 Å². The minimum absolute atomic E-state index is 0.0690. The van der Waals surface area contributed by atoms with E-state index in [-0.39, 0.29) is 12.7 Å². The smallest absolute Gasteiger partial charge is 0.108 e. The van der Waals surface area contributed by atoms with Gasteiger partial charge in [0.15, 0.2) is 0 Å². The van der Waals surface area contributed by atoms with Crippen molar-refractivity contribution in [3.05, 3.63) is 71.8 Å². The van der Waals surface area contributed by atoms with Gasteiger partial charge >= 0.3 is 0 Å². The van der Waals surface area contributed by atoms with Gasteiger partial charge in [-0.15, -0.1) is 0 Å². The molecule has 4 nitrogen and oxygen atoms in total. The topological polar surface area (TPSA) is 61.7 Å². The Balaban J connectivity index is 1.85. The Labute approximate surface area is 137 Å². The molecule has 0 spiro atoms. The third kappa shape index (κ3) is 6.12. The maximum absolute atomic E-state index is 9.26. The van der Waals surface area contributed by atoms with E-state index in [1.54, 1.807) is 0 Å². The van der Waals surface area contributed by atoms with Crippen molar-refractivity contribution in [3.8, 4) is 0 Å². The van der Waals surface area contributed by atoms with Gasteiger partial charge in [-0.05, 0) is 24.1 Å². The molecule has 2 rings (SSSR count). The number of hydrogen-bond donors (Lipinski definition) is 3. The van der Waals surface area contributed by atoms with Crippen molar-refractivity contribution >= 4 is 0 Å². The van der Waals surface area contributed by atoms with Crippen LogP contribution in [0.3, 0.4) is 0 Å². The van der Waals surface area contributed by atoms with Crippen LogP contribution in [-0.2, 0) is 4.74 Å². The summed E-state index contributed by atoms with van der Waals surface area (Å²) in [5, 5.41) is 21.1. The Morgan fingerprint density at radius 2 is 1.48 bits per heavy atom. The highest BCUT2D eigenvalue weighted by Gasteiger charge is 2.13. The summed E-state index contributed by atoms with van der Waals surface area (Å²) in [5.74, 6) is 0. The van der Waals surface area contributed by atoms with Crippen LogP contribution >= 0.6 is 0 Å². The molecule has 0 amide bonds. The van der Waals surface area contributed by atoms with E-state index < -0.39 is 6.10 Å². The molecule has 0 saturated heterocycles. The van der Waals surface area contributed by atoms with Crippen LogP contribution in [0.25, 0.3) is 0 Å². The zero-order chi connectivity index (χ0) is 16.3. The first-order valence-corrected chi connectivity index (χ1v) is 8.02. The molecule has 3 N–H and O–H groups in total. The van der Waals surface area contributed by atoms with Gasteiger partial charge in [0, 0.05) is 13.2 Å². The van der Waals surface area contributed by atoms with Crippen molar-refractivity contribution in [3.63, 3.8) is 0 Å². The molecule has 0 aliphatic rings. The molecule has 0 saturated carbocycles. The first-order chi connectivity index (χ1) is 11.3. The summed E-state index contributed by atoms with van der Waals surface area (Å²) in [6.07, 6.45) is 0.0756. The molecule has 2 aromatic rings. The zero-order valence-electron chi connectivity index (χ0n) is 13.3. The lowest BCUT2D eigenvalue weighted by atomic mass is 10.0. The van der Waals surface area contributed by atoms with Crippen molar-refractivity contribution in [2.45, 2.75) is 18.6 Å². The number of hydrogen-bond acceptors (Lipinski definition) is 4. The monoisotopic (exact) mass is 315 g/mol. The average Bonchev–Trinajstić information content (AvgIpc) is 2.62. The van der Waals surface area contributed by atoms with Crippen LogP contribution in [0.4, 0.5) is 0 Å². The summed E-state index contributed by atoms with van der Waals surface area (Å²) in [6, 6.07) is 20.4. The molecule has 124 valence electrons. The van der Waals surface area contributed by atoms with Crippen LogP contribution < -0.4 is 5.32 Å². The SMILES string of the molecule is OCC(O)CNCCCOC(c1ccccc1)c1ccccc1. The van der Waals surface area contributed by atoms with Gasteiger partial charge in [-0.1, -0.05) is 60.7 Å². The number of nitrogens with one attached hydrogen (secondary N) is 1. The number of rotatable bonds is 10. The van der Waals surface area contributed by atoms with Crippen molar-refractivity contribution in [1.29, 1.82) is 0 Å². The van der Waals surface area contributed by atoms with Gasteiger partial charge in [0.1, 0.15) is 6.10 Å². The highest BCUT2D eigenvalue weighted by Crippen LogP contribution is 2.25. The molecule has 1 unspecified atom stereocenters. The number of aliphatic hydroxyl groups is 2. The largest absolute Gasteiger partial charge is 0.394 e. The summed E-state index contributed by atoms with van der Waals surface area (Å²) < 4.78 is 6.10. The van der Waals surface area contributed by atoms with Gasteiger partial charge in [-0.25, -0.2) is 0 Å². The van der Waals surface area contributed by atoms with Crippen molar-refractivity contribution in [1.82, 2.24) is 5.32 Å². The lowest BCUT2D eigenvalue weighted by Crippen LogP contribution is -2.30. The van der Waals surface area contributed by atoms with Gasteiger partial charge in [0.25, 0.3) is 0 Å². The van der Waals surface area contributed by atoms with Crippen LogP contribution in [0.5, 0.6) is 0 Å². The molecule has 0 radical (unpaired) electrons. The molecule has 0 aromatic heterocycles. The van der Waals surface area contributed by atoms with E-state index >= 15 is 0 Å². The molecule has 0 heterocycles. The molecule has 0 bridgehead atoms. The maximum atomic E-state index is 9.26. The second kappa shape index (κ2) is 10.1. The number of aliphatic hydroxyl groups excluding tert-OH is 2. The number of ether oxygens (including phenoxy) is 1. The van der Waals surface area contributed by atoms with Crippen LogP contribution in [0.2, 0.25) is 0 Å². The molecule has 0 aliphatic heterocycles. The second-order valence-corrected chi connectivity index (χ2v) is 5.47. The fraction of sp³-hybridized carbons (Fsp3) is 0.368. The minimum atomic E-state index is -0.697. The van der Waals surface area contributed by atoms with Crippen LogP contribution in [0.1, 0.15) is 23.7 Å². The van der Waals surface area contributed by atoms with Crippen LogP contribution in [0.15, 0.2) is 60.7 Å². The molecular formula is C19H25NO3. The predicted molar refractivity (Wildman–Crippen MR) is 91.3 cm³/mol. The Morgan fingerprint density at radius 3 is 2.00 bits per heavy atom. The van der Waals surface area contributed by atoms with Gasteiger partial charge in [0.2, 0.25) is 0 Å². The standard InChI is InChI=1S/C19H25NO3/c21-15-18(22)14-20-12-7-13-23-19(16-8-3-1-4-9-16)17-10-5-2-6-11-17/h1-6,8-11,18-22H,7,12-15H2. The van der Waals surface area contributed by atoms with Gasteiger partial charge < -0.3 is 20.3 Å². The normalized spacial score (nSPS) is 12.5. The molecule has 1 atom stereocenters. The summed E-state index contributed by atoms with van der Waals surface area (Å²) in [7, 11) is 0. The summed E-state index contributed by atoms with van der Waals surface area (Å²) in [4.78, 5) is 0. The van der Waals surface area contributed by atoms with Crippen LogP contribution in [-0.4, -0.2) is 42.6 Å². The van der Waals surface area contributed by atoms with Crippen molar-refractivity contribution < 1.29 is 14.9 Å². The second-order valence-electron chi connectivity index (χ2n) is 5.47. The Bertz CT molecular complexity index is 493. The molecule has 23 heavy (non-hydrogen) atoms. The Kier molecular flexibility index (Phi) is 7.77. The van der Waals surface area contributed by atoms with Crippen molar-refractivity contribution in [2.75, 3.05) is 26.3 Å². The number of benzene rings is 2. The Hall–Kier alpha value is -1.72. The van der Waals surface area contributed by atoms with Crippen molar-refractivity contribution in [2.24, 2.45) is 0 Å². The van der Waals surface area contributed by atoms with Gasteiger partial charge in [-0.2, -0.15) is 0 Å². The first-order valence-electron chi connectivity index (χ1n) is 8.02. The summed E-state index contributed by atoms with van der Waals surface area (Å²) in [6.45, 7) is 1.55. The maximum Gasteiger partial charge on any atom is 0.108 e. The lowest BCUT2D eigenvalue weighted by Gasteiger charge is -2.19. The molecule has 4 heteroatoms. The quantitative estimate of drug-likeness (QED) is 0.588. The van der Waals surface area contributed by atoms with E-state index in [4.69, 9.17) is 9.84 Å². The highest BCUT2D eigenvalue weighted by atomic mass is 16.5. The molecular weight excluding hydrogens is 290 g/mol. The van der Waals surface area contributed by atoms with E-state index in [0.29, 0.717) is 13.2 Å². The van der Waals surface area contributed by atoms with Gasteiger partial charge in [0.05, 0.1) is 12.7 Å². The third-order valence-electron chi connectivity index (χ3n) is 3.58. The zero-order valence-corrected chi connectivity index (χ0v) is 13.3. The molecule has 0 aliphatic carbocycles. The van der Waals surface area contributed by atoms with E-state index in [9.17, 15) is 5.11 Å². The Morgan fingerprint density at radius 1 is 0.913 bits per heavy atom. The molecule has 2 aromatic carbocycles. The third-order valence-corrected chi connectivity index (χ3v) is 3.58. The fourth-order valence-corrected chi connectivity index (χ4v) is 2.37. The summed E-state index contributed by atoms with van der Waals surface area (Å²) in [5.41, 5.74) is 2.28. The average molecular weight is 315 g/mol. The summed E-state index contributed by atoms with van der Waals surface area (Å²) >= 11 is 0. The fourth-order valence-electron chi connectivity index (χ4n) is 2.37. The van der Waals surface area contributed by atoms with E-state index in [1.165, 1.54) is 0 Å². The lowest BCUT2D eigenvalue weighted by molar-refractivity contribution is 0.0748. The first kappa shape index (κ1) is 17.6. The van der Waals surface area contributed by atoms with E-state index in [0.717, 1.165) is 24.1 Å². The minimum Gasteiger partial charge on any atom is -0.394 e. The molecule has 0 fully saturated rings. The predicted octanol–water partition coefficient (Wildman–Crippen LogP) is 2.13. The van der Waals surface area contributed by atoms with Gasteiger partial charge in [-0.3, -0.25) is 0 Å². The highest BCUT2D eigenvalue weighted by molar-refractivity contribution is 5.29. The van der Waals surface area contributed by atoms with Crippen LogP contribution in [0, 0.1) is 0 Å². The van der Waals surface area contributed by atoms with E-state index in [2.05, 4.69) is 29.6 Å².